The van der Waals surface area contributed by atoms with Gasteiger partial charge in [0.2, 0.25) is 0 Å². The second kappa shape index (κ2) is 7.45. The monoisotopic (exact) mass is 394 g/mol. The quantitative estimate of drug-likeness (QED) is 0.451. The van der Waals surface area contributed by atoms with Crippen LogP contribution in [0.3, 0.4) is 0 Å². The number of hydrogen-bond donors (Lipinski definition) is 2. The Morgan fingerprint density at radius 3 is 1.52 bits per heavy atom. The van der Waals surface area contributed by atoms with Crippen LogP contribution in [0.5, 0.6) is 0 Å². The third kappa shape index (κ3) is 4.41. The molecule has 6 heteroatoms. The van der Waals surface area contributed by atoms with E-state index in [1.165, 1.54) is 0 Å². The van der Waals surface area contributed by atoms with E-state index in [0.717, 1.165) is 37.8 Å². The molecule has 0 spiro atoms. The molecule has 0 radical (unpaired) electrons. The Bertz CT molecular complexity index is 831. The molecule has 0 atom stereocenters. The third-order valence-electron chi connectivity index (χ3n) is 3.63. The van der Waals surface area contributed by atoms with Crippen LogP contribution in [-0.2, 0) is 6.18 Å². The molecular formula is C19H14F3PS2. The molecule has 0 N–H and O–H groups in total. The van der Waals surface area contributed by atoms with E-state index in [4.69, 9.17) is 0 Å². The summed E-state index contributed by atoms with van der Waals surface area (Å²) in [6.07, 6.45) is -4.34. The van der Waals surface area contributed by atoms with Crippen molar-refractivity contribution in [2.45, 2.75) is 16.0 Å². The van der Waals surface area contributed by atoms with Gasteiger partial charge >= 0.3 is 6.18 Å². The van der Waals surface area contributed by atoms with E-state index >= 15 is 0 Å². The van der Waals surface area contributed by atoms with Crippen molar-refractivity contribution in [3.05, 3.63) is 78.4 Å². The summed E-state index contributed by atoms with van der Waals surface area (Å²) in [6, 6.07) is 20.8. The van der Waals surface area contributed by atoms with Gasteiger partial charge in [-0.3, -0.25) is 0 Å². The largest absolute Gasteiger partial charge is 0.416 e. The van der Waals surface area contributed by atoms with Crippen LogP contribution in [-0.4, -0.2) is 0 Å². The molecule has 0 aliphatic rings. The molecule has 0 nitrogen and oxygen atoms in total. The van der Waals surface area contributed by atoms with Crippen LogP contribution in [0.4, 0.5) is 13.2 Å². The average molecular weight is 394 g/mol. The average Bonchev–Trinajstić information content (AvgIpc) is 2.55. The van der Waals surface area contributed by atoms with Gasteiger partial charge in [-0.1, -0.05) is 36.4 Å². The van der Waals surface area contributed by atoms with Gasteiger partial charge in [-0.05, 0) is 60.2 Å². The third-order valence-corrected chi connectivity index (χ3v) is 6.59. The van der Waals surface area contributed by atoms with E-state index in [0.29, 0.717) is 0 Å². The van der Waals surface area contributed by atoms with E-state index in [2.05, 4.69) is 25.3 Å². The number of hydrogen-bond acceptors (Lipinski definition) is 2. The van der Waals surface area contributed by atoms with E-state index in [-0.39, 0.29) is 0 Å². The van der Waals surface area contributed by atoms with Gasteiger partial charge in [0.25, 0.3) is 0 Å². The lowest BCUT2D eigenvalue weighted by atomic mass is 10.2. The predicted molar refractivity (Wildman–Crippen MR) is 105 cm³/mol. The van der Waals surface area contributed by atoms with Crippen molar-refractivity contribution in [1.29, 1.82) is 0 Å². The second-order valence-corrected chi connectivity index (χ2v) is 8.67. The van der Waals surface area contributed by atoms with Gasteiger partial charge < -0.3 is 0 Å². The van der Waals surface area contributed by atoms with Crippen LogP contribution >= 0.6 is 33.2 Å². The highest BCUT2D eigenvalue weighted by Crippen LogP contribution is 2.35. The Labute approximate surface area is 156 Å². The van der Waals surface area contributed by atoms with Gasteiger partial charge in [-0.2, -0.15) is 13.2 Å². The fourth-order valence-corrected chi connectivity index (χ4v) is 5.51. The molecule has 0 bridgehead atoms. The van der Waals surface area contributed by atoms with E-state index in [1.807, 2.05) is 48.5 Å². The first kappa shape index (κ1) is 18.4. The Hall–Kier alpha value is -1.42. The highest BCUT2D eigenvalue weighted by molar-refractivity contribution is 7.81. The minimum absolute atomic E-state index is 0.642. The first-order valence-electron chi connectivity index (χ1n) is 7.40. The Balaban J connectivity index is 2.11. The lowest BCUT2D eigenvalue weighted by Gasteiger charge is -2.20. The van der Waals surface area contributed by atoms with Gasteiger partial charge in [-0.15, -0.1) is 25.3 Å². The van der Waals surface area contributed by atoms with Crippen LogP contribution in [0.15, 0.2) is 82.6 Å². The van der Waals surface area contributed by atoms with Crippen LogP contribution in [0.2, 0.25) is 0 Å². The van der Waals surface area contributed by atoms with Crippen molar-refractivity contribution < 1.29 is 13.2 Å². The van der Waals surface area contributed by atoms with Gasteiger partial charge in [0, 0.05) is 9.79 Å². The fourth-order valence-electron chi connectivity index (χ4n) is 2.51. The van der Waals surface area contributed by atoms with Gasteiger partial charge in [0.05, 0.1) is 5.56 Å². The van der Waals surface area contributed by atoms with E-state index in [9.17, 15) is 13.2 Å². The molecule has 0 aromatic heterocycles. The Morgan fingerprint density at radius 2 is 1.12 bits per heavy atom. The molecule has 0 aliphatic heterocycles. The summed E-state index contributed by atoms with van der Waals surface area (Å²) < 4.78 is 38.6. The van der Waals surface area contributed by atoms with Crippen LogP contribution in [0.25, 0.3) is 0 Å². The molecule has 3 rings (SSSR count). The molecule has 3 aromatic rings. The maximum atomic E-state index is 12.9. The number of alkyl halides is 3. The topological polar surface area (TPSA) is 0 Å². The normalized spacial score (nSPS) is 11.8. The van der Waals surface area contributed by atoms with E-state index in [1.54, 1.807) is 12.1 Å². The van der Waals surface area contributed by atoms with E-state index < -0.39 is 19.7 Å². The Morgan fingerprint density at radius 1 is 0.640 bits per heavy atom. The van der Waals surface area contributed by atoms with Crippen LogP contribution < -0.4 is 15.9 Å². The van der Waals surface area contributed by atoms with Crippen molar-refractivity contribution >= 4 is 49.1 Å². The number of halogens is 3. The molecule has 0 fully saturated rings. The molecule has 0 amide bonds. The second-order valence-electron chi connectivity index (χ2n) is 5.42. The molecule has 128 valence electrons. The number of rotatable bonds is 3. The molecular weight excluding hydrogens is 380 g/mol. The lowest BCUT2D eigenvalue weighted by molar-refractivity contribution is -0.137. The minimum atomic E-state index is -4.34. The van der Waals surface area contributed by atoms with Gasteiger partial charge in [-0.25, -0.2) is 0 Å². The van der Waals surface area contributed by atoms with Crippen molar-refractivity contribution in [2.24, 2.45) is 0 Å². The summed E-state index contributed by atoms with van der Waals surface area (Å²) >= 11 is 8.79. The smallest absolute Gasteiger partial charge is 0.166 e. The molecule has 0 saturated heterocycles. The zero-order valence-electron chi connectivity index (χ0n) is 12.9. The summed E-state index contributed by atoms with van der Waals surface area (Å²) in [6.45, 7) is 0. The number of thiol groups is 2. The molecule has 0 saturated carbocycles. The molecule has 25 heavy (non-hydrogen) atoms. The zero-order chi connectivity index (χ0) is 18.0. The summed E-state index contributed by atoms with van der Waals surface area (Å²) in [5.41, 5.74) is -0.642. The first-order chi connectivity index (χ1) is 11.8. The maximum absolute atomic E-state index is 12.9. The molecule has 0 heterocycles. The molecule has 0 aliphatic carbocycles. The van der Waals surface area contributed by atoms with Crippen LogP contribution in [0.1, 0.15) is 5.56 Å². The predicted octanol–water partition coefficient (Wildman–Crippen LogP) is 5.04. The van der Waals surface area contributed by atoms with Crippen LogP contribution in [0, 0.1) is 0 Å². The van der Waals surface area contributed by atoms with Gasteiger partial charge in [0.1, 0.15) is 0 Å². The summed E-state index contributed by atoms with van der Waals surface area (Å²) in [4.78, 5) is 1.64. The maximum Gasteiger partial charge on any atom is 0.416 e. The Kier molecular flexibility index (Phi) is 5.47. The van der Waals surface area contributed by atoms with Crippen molar-refractivity contribution in [1.82, 2.24) is 0 Å². The molecule has 3 aromatic carbocycles. The first-order valence-corrected chi connectivity index (χ1v) is 9.64. The SMILES string of the molecule is FC(F)(F)c1ccc(P(c2cccc(S)c2)c2cccc(S)c2)cc1. The summed E-state index contributed by atoms with van der Waals surface area (Å²) in [5, 5.41) is 2.91. The summed E-state index contributed by atoms with van der Waals surface area (Å²) in [7, 11) is -0.992. The molecule has 0 unspecified atom stereocenters. The highest BCUT2D eigenvalue weighted by atomic mass is 32.1. The highest BCUT2D eigenvalue weighted by Gasteiger charge is 2.30. The number of benzene rings is 3. The van der Waals surface area contributed by atoms with Crippen molar-refractivity contribution in [2.75, 3.05) is 0 Å². The standard InChI is InChI=1S/C19H14F3PS2/c20-19(21,22)13-7-9-14(10-8-13)23(15-3-1-5-17(24)11-15)16-4-2-6-18(25)12-16/h1-12,24-25H. The van der Waals surface area contributed by atoms with Crippen molar-refractivity contribution in [3.63, 3.8) is 0 Å². The minimum Gasteiger partial charge on any atom is -0.166 e. The van der Waals surface area contributed by atoms with Gasteiger partial charge in [0.15, 0.2) is 0 Å². The fraction of sp³-hybridized carbons (Fsp3) is 0.0526. The summed E-state index contributed by atoms with van der Waals surface area (Å²) in [5.74, 6) is 0. The van der Waals surface area contributed by atoms with Crippen molar-refractivity contribution in [3.8, 4) is 0 Å². The lowest BCUT2D eigenvalue weighted by Crippen LogP contribution is -2.21. The zero-order valence-corrected chi connectivity index (χ0v) is 15.6.